The van der Waals surface area contributed by atoms with Crippen LogP contribution in [-0.2, 0) is 14.8 Å². The minimum Gasteiger partial charge on any atom is -0.322 e. The molecule has 0 aliphatic carbocycles. The summed E-state index contributed by atoms with van der Waals surface area (Å²) < 4.78 is 22.6. The number of hydrogen-bond acceptors (Lipinski definition) is 3. The van der Waals surface area contributed by atoms with Gasteiger partial charge in [0.25, 0.3) is 0 Å². The summed E-state index contributed by atoms with van der Waals surface area (Å²) in [7, 11) is -3.80. The molecule has 120 valence electrons. The van der Waals surface area contributed by atoms with Crippen LogP contribution in [0.15, 0.2) is 53.4 Å². The van der Waals surface area contributed by atoms with Crippen LogP contribution in [0.5, 0.6) is 0 Å². The molecule has 2 aromatic rings. The SMILES string of the molecule is Cc1ccc(/C=C/C(=O)Nc2cccc(S(N)(=O)=O)c2)c(C)c1. The predicted molar refractivity (Wildman–Crippen MR) is 91.4 cm³/mol. The molecular formula is C17H18N2O3S. The second kappa shape index (κ2) is 6.76. The monoisotopic (exact) mass is 330 g/mol. The first-order valence-electron chi connectivity index (χ1n) is 6.95. The molecule has 0 aliphatic rings. The fourth-order valence-corrected chi connectivity index (χ4v) is 2.67. The number of primary sulfonamides is 1. The third-order valence-electron chi connectivity index (χ3n) is 3.27. The normalized spacial score (nSPS) is 11.6. The third-order valence-corrected chi connectivity index (χ3v) is 4.18. The summed E-state index contributed by atoms with van der Waals surface area (Å²) >= 11 is 0. The van der Waals surface area contributed by atoms with Gasteiger partial charge in [0, 0.05) is 11.8 Å². The quantitative estimate of drug-likeness (QED) is 0.844. The summed E-state index contributed by atoms with van der Waals surface area (Å²) in [6.07, 6.45) is 3.12. The fraction of sp³-hybridized carbons (Fsp3) is 0.118. The third kappa shape index (κ3) is 4.77. The Morgan fingerprint density at radius 3 is 2.52 bits per heavy atom. The smallest absolute Gasteiger partial charge is 0.248 e. The van der Waals surface area contributed by atoms with Crippen molar-refractivity contribution in [3.05, 3.63) is 65.2 Å². The Balaban J connectivity index is 2.12. The maximum atomic E-state index is 11.9. The van der Waals surface area contributed by atoms with Crippen molar-refractivity contribution < 1.29 is 13.2 Å². The number of carbonyl (C=O) groups is 1. The van der Waals surface area contributed by atoms with Crippen LogP contribution in [0.4, 0.5) is 5.69 Å². The zero-order valence-electron chi connectivity index (χ0n) is 12.9. The zero-order valence-corrected chi connectivity index (χ0v) is 13.7. The summed E-state index contributed by atoms with van der Waals surface area (Å²) in [5, 5.41) is 7.68. The van der Waals surface area contributed by atoms with Crippen LogP contribution in [0, 0.1) is 13.8 Å². The predicted octanol–water partition coefficient (Wildman–Crippen LogP) is 2.60. The number of carbonyl (C=O) groups excluding carboxylic acids is 1. The molecule has 0 aliphatic heterocycles. The zero-order chi connectivity index (χ0) is 17.0. The average Bonchev–Trinajstić information content (AvgIpc) is 2.45. The van der Waals surface area contributed by atoms with E-state index in [4.69, 9.17) is 5.14 Å². The molecule has 0 spiro atoms. The molecule has 0 bridgehead atoms. The van der Waals surface area contributed by atoms with Crippen LogP contribution in [0.2, 0.25) is 0 Å². The number of sulfonamides is 1. The van der Waals surface area contributed by atoms with Crippen molar-refractivity contribution in [3.8, 4) is 0 Å². The maximum absolute atomic E-state index is 11.9. The van der Waals surface area contributed by atoms with Gasteiger partial charge in [0.05, 0.1) is 4.90 Å². The highest BCUT2D eigenvalue weighted by Gasteiger charge is 2.08. The van der Waals surface area contributed by atoms with E-state index in [1.807, 2.05) is 32.0 Å². The second-order valence-corrected chi connectivity index (χ2v) is 6.82. The molecule has 2 rings (SSSR count). The Bertz CT molecular complexity index is 871. The first kappa shape index (κ1) is 16.9. The molecular weight excluding hydrogens is 312 g/mol. The highest BCUT2D eigenvalue weighted by molar-refractivity contribution is 7.89. The van der Waals surface area contributed by atoms with Gasteiger partial charge in [-0.25, -0.2) is 13.6 Å². The fourth-order valence-electron chi connectivity index (χ4n) is 2.11. The van der Waals surface area contributed by atoms with E-state index >= 15 is 0 Å². The number of nitrogens with one attached hydrogen (secondary N) is 1. The molecule has 0 unspecified atom stereocenters. The molecule has 0 radical (unpaired) electrons. The van der Waals surface area contributed by atoms with E-state index in [0.29, 0.717) is 5.69 Å². The molecule has 6 heteroatoms. The number of amides is 1. The van der Waals surface area contributed by atoms with Crippen molar-refractivity contribution in [1.29, 1.82) is 0 Å². The molecule has 5 nitrogen and oxygen atoms in total. The number of hydrogen-bond donors (Lipinski definition) is 2. The van der Waals surface area contributed by atoms with Gasteiger partial charge in [0.15, 0.2) is 0 Å². The number of anilines is 1. The summed E-state index contributed by atoms with van der Waals surface area (Å²) in [4.78, 5) is 11.9. The number of aryl methyl sites for hydroxylation is 2. The van der Waals surface area contributed by atoms with E-state index in [1.54, 1.807) is 12.1 Å². The Labute approximate surface area is 135 Å². The standard InChI is InChI=1S/C17H18N2O3S/c1-12-6-7-14(13(2)10-12)8-9-17(20)19-15-4-3-5-16(11-15)23(18,21)22/h3-11H,1-2H3,(H,19,20)(H2,18,21,22)/b9-8+. The van der Waals surface area contributed by atoms with Crippen molar-refractivity contribution in [3.63, 3.8) is 0 Å². The largest absolute Gasteiger partial charge is 0.322 e. The molecule has 0 heterocycles. The van der Waals surface area contributed by atoms with Crippen molar-refractivity contribution >= 4 is 27.7 Å². The van der Waals surface area contributed by atoms with E-state index in [-0.39, 0.29) is 10.8 Å². The second-order valence-electron chi connectivity index (χ2n) is 5.26. The summed E-state index contributed by atoms with van der Waals surface area (Å²) in [5.74, 6) is -0.350. The molecule has 2 aromatic carbocycles. The van der Waals surface area contributed by atoms with E-state index in [2.05, 4.69) is 5.32 Å². The minimum atomic E-state index is -3.80. The molecule has 0 saturated heterocycles. The van der Waals surface area contributed by atoms with E-state index in [9.17, 15) is 13.2 Å². The number of nitrogens with two attached hydrogens (primary N) is 1. The summed E-state index contributed by atoms with van der Waals surface area (Å²) in [6, 6.07) is 11.7. The topological polar surface area (TPSA) is 89.3 Å². The Hall–Kier alpha value is -2.44. The molecule has 0 saturated carbocycles. The van der Waals surface area contributed by atoms with Crippen molar-refractivity contribution in [2.24, 2.45) is 5.14 Å². The Morgan fingerprint density at radius 2 is 1.87 bits per heavy atom. The van der Waals surface area contributed by atoms with Crippen LogP contribution < -0.4 is 10.5 Å². The van der Waals surface area contributed by atoms with Crippen molar-refractivity contribution in [1.82, 2.24) is 0 Å². The van der Waals surface area contributed by atoms with Crippen molar-refractivity contribution in [2.45, 2.75) is 18.7 Å². The van der Waals surface area contributed by atoms with Gasteiger partial charge in [-0.15, -0.1) is 0 Å². The van der Waals surface area contributed by atoms with Gasteiger partial charge in [-0.3, -0.25) is 4.79 Å². The minimum absolute atomic E-state index is 0.0475. The van der Waals surface area contributed by atoms with Gasteiger partial charge in [-0.1, -0.05) is 29.8 Å². The molecule has 0 aromatic heterocycles. The lowest BCUT2D eigenvalue weighted by atomic mass is 10.1. The molecule has 1 amide bonds. The van der Waals surface area contributed by atoms with E-state index < -0.39 is 10.0 Å². The lowest BCUT2D eigenvalue weighted by molar-refractivity contribution is -0.111. The van der Waals surface area contributed by atoms with Crippen LogP contribution in [0.3, 0.4) is 0 Å². The van der Waals surface area contributed by atoms with Crippen LogP contribution >= 0.6 is 0 Å². The highest BCUT2D eigenvalue weighted by atomic mass is 32.2. The summed E-state index contributed by atoms with van der Waals surface area (Å²) in [6.45, 7) is 3.98. The Kier molecular flexibility index (Phi) is 4.98. The van der Waals surface area contributed by atoms with Crippen LogP contribution in [-0.4, -0.2) is 14.3 Å². The first-order valence-corrected chi connectivity index (χ1v) is 8.49. The van der Waals surface area contributed by atoms with Crippen LogP contribution in [0.1, 0.15) is 16.7 Å². The lowest BCUT2D eigenvalue weighted by Crippen LogP contribution is -2.13. The van der Waals surface area contributed by atoms with E-state index in [0.717, 1.165) is 16.7 Å². The first-order chi connectivity index (χ1) is 10.8. The van der Waals surface area contributed by atoms with Crippen molar-refractivity contribution in [2.75, 3.05) is 5.32 Å². The number of benzene rings is 2. The van der Waals surface area contributed by atoms with Gasteiger partial charge in [-0.05, 0) is 49.2 Å². The molecule has 3 N–H and O–H groups in total. The average molecular weight is 330 g/mol. The molecule has 0 fully saturated rings. The maximum Gasteiger partial charge on any atom is 0.248 e. The summed E-state index contributed by atoms with van der Waals surface area (Å²) in [5.41, 5.74) is 3.55. The molecule has 23 heavy (non-hydrogen) atoms. The molecule has 0 atom stereocenters. The lowest BCUT2D eigenvalue weighted by Gasteiger charge is -2.05. The van der Waals surface area contributed by atoms with Gasteiger partial charge < -0.3 is 5.32 Å². The Morgan fingerprint density at radius 1 is 1.13 bits per heavy atom. The van der Waals surface area contributed by atoms with Gasteiger partial charge in [0.1, 0.15) is 0 Å². The van der Waals surface area contributed by atoms with Gasteiger partial charge >= 0.3 is 0 Å². The van der Waals surface area contributed by atoms with Gasteiger partial charge in [0.2, 0.25) is 15.9 Å². The highest BCUT2D eigenvalue weighted by Crippen LogP contribution is 2.15. The number of rotatable bonds is 4. The van der Waals surface area contributed by atoms with E-state index in [1.165, 1.54) is 24.3 Å². The van der Waals surface area contributed by atoms with Crippen LogP contribution in [0.25, 0.3) is 6.08 Å². The van der Waals surface area contributed by atoms with Gasteiger partial charge in [-0.2, -0.15) is 0 Å².